The number of hydrogen-bond donors (Lipinski definition) is 1. The molecule has 3 rings (SSSR count). The van der Waals surface area contributed by atoms with E-state index < -0.39 is 15.9 Å². The third-order valence-electron chi connectivity index (χ3n) is 3.93. The molecule has 0 aliphatic heterocycles. The van der Waals surface area contributed by atoms with Gasteiger partial charge in [0.1, 0.15) is 11.5 Å². The number of nitrogens with zero attached hydrogens (tertiary/aromatic N) is 1. The van der Waals surface area contributed by atoms with Crippen molar-refractivity contribution in [3.05, 3.63) is 60.4 Å². The van der Waals surface area contributed by atoms with Gasteiger partial charge in [-0.1, -0.05) is 54.5 Å². The van der Waals surface area contributed by atoms with Crippen LogP contribution in [0.2, 0.25) is 0 Å². The van der Waals surface area contributed by atoms with E-state index in [0.717, 1.165) is 16.7 Å². The number of aromatic nitrogens is 1. The predicted octanol–water partition coefficient (Wildman–Crippen LogP) is 2.88. The Bertz CT molecular complexity index is 1030. The summed E-state index contributed by atoms with van der Waals surface area (Å²) in [6.07, 6.45) is 0.0949. The predicted molar refractivity (Wildman–Crippen MR) is 105 cm³/mol. The SMILES string of the molecule is CCC(=O)NS(=O)(=O)c1ccc(-c2c(-c3ccccc3)noc2C)cc1.[NaH]. The van der Waals surface area contributed by atoms with Crippen molar-refractivity contribution in [3.8, 4) is 22.4 Å². The minimum absolute atomic E-state index is 0. The molecule has 0 bridgehead atoms. The Morgan fingerprint density at radius 2 is 1.67 bits per heavy atom. The monoisotopic (exact) mass is 394 g/mol. The summed E-state index contributed by atoms with van der Waals surface area (Å²) >= 11 is 0. The number of carbonyl (C=O) groups is 1. The average Bonchev–Trinajstić information content (AvgIpc) is 3.03. The first kappa shape index (κ1) is 21.4. The Hall–Kier alpha value is -1.93. The Labute approximate surface area is 180 Å². The van der Waals surface area contributed by atoms with Crippen LogP contribution in [0, 0.1) is 6.92 Å². The van der Waals surface area contributed by atoms with Crippen LogP contribution < -0.4 is 4.72 Å². The molecule has 3 aromatic rings. The first-order valence-corrected chi connectivity index (χ1v) is 9.58. The Morgan fingerprint density at radius 1 is 1.04 bits per heavy atom. The molecule has 0 radical (unpaired) electrons. The molecule has 0 unspecified atom stereocenters. The quantitative estimate of drug-likeness (QED) is 0.672. The molecule has 8 heteroatoms. The zero-order valence-corrected chi connectivity index (χ0v) is 15.2. The maximum absolute atomic E-state index is 12.2. The number of hydrogen-bond acceptors (Lipinski definition) is 5. The third-order valence-corrected chi connectivity index (χ3v) is 5.32. The van der Waals surface area contributed by atoms with Crippen molar-refractivity contribution in [1.82, 2.24) is 9.88 Å². The summed E-state index contributed by atoms with van der Waals surface area (Å²) in [6, 6.07) is 15.9. The first-order chi connectivity index (χ1) is 12.4. The van der Waals surface area contributed by atoms with Gasteiger partial charge in [0.25, 0.3) is 10.0 Å². The molecule has 0 atom stereocenters. The molecule has 6 nitrogen and oxygen atoms in total. The zero-order chi connectivity index (χ0) is 18.7. The molecule has 0 saturated heterocycles. The number of rotatable bonds is 5. The number of carbonyl (C=O) groups excluding carboxylic acids is 1. The molecule has 2 aromatic carbocycles. The second-order valence-electron chi connectivity index (χ2n) is 5.73. The summed E-state index contributed by atoms with van der Waals surface area (Å²) in [5.41, 5.74) is 3.19. The van der Waals surface area contributed by atoms with Crippen LogP contribution >= 0.6 is 0 Å². The molecular formula is C19H19N2NaO4S. The van der Waals surface area contributed by atoms with Crippen molar-refractivity contribution in [1.29, 1.82) is 0 Å². The van der Waals surface area contributed by atoms with Crippen LogP contribution in [-0.4, -0.2) is 49.0 Å². The van der Waals surface area contributed by atoms with E-state index in [2.05, 4.69) is 5.16 Å². The normalized spacial score (nSPS) is 10.9. The van der Waals surface area contributed by atoms with Gasteiger partial charge in [0.05, 0.1) is 10.5 Å². The minimum atomic E-state index is -3.87. The van der Waals surface area contributed by atoms with E-state index in [1.807, 2.05) is 35.1 Å². The molecular weight excluding hydrogens is 375 g/mol. The number of amides is 1. The van der Waals surface area contributed by atoms with Gasteiger partial charge in [0.15, 0.2) is 0 Å². The summed E-state index contributed by atoms with van der Waals surface area (Å²) in [5, 5.41) is 4.13. The Balaban J connectivity index is 0.00000261. The summed E-state index contributed by atoms with van der Waals surface area (Å²) < 4.78 is 31.8. The van der Waals surface area contributed by atoms with Crippen LogP contribution in [0.15, 0.2) is 64.0 Å². The molecule has 1 N–H and O–H groups in total. The second kappa shape index (κ2) is 8.84. The number of sulfonamides is 1. The van der Waals surface area contributed by atoms with Gasteiger partial charge in [0.2, 0.25) is 5.91 Å². The van der Waals surface area contributed by atoms with Gasteiger partial charge in [-0.25, -0.2) is 13.1 Å². The van der Waals surface area contributed by atoms with Crippen molar-refractivity contribution in [3.63, 3.8) is 0 Å². The maximum atomic E-state index is 12.2. The molecule has 0 aliphatic rings. The van der Waals surface area contributed by atoms with E-state index in [9.17, 15) is 13.2 Å². The molecule has 136 valence electrons. The molecule has 1 heterocycles. The number of benzene rings is 2. The van der Waals surface area contributed by atoms with Crippen LogP contribution in [-0.2, 0) is 14.8 Å². The van der Waals surface area contributed by atoms with Gasteiger partial charge in [-0.15, -0.1) is 0 Å². The van der Waals surface area contributed by atoms with Crippen LogP contribution in [0.5, 0.6) is 0 Å². The summed E-state index contributed by atoms with van der Waals surface area (Å²) in [6.45, 7) is 3.40. The van der Waals surface area contributed by atoms with Crippen LogP contribution in [0.25, 0.3) is 22.4 Å². The summed E-state index contributed by atoms with van der Waals surface area (Å²) in [4.78, 5) is 11.4. The molecule has 0 fully saturated rings. The van der Waals surface area contributed by atoms with Crippen LogP contribution in [0.1, 0.15) is 19.1 Å². The Kier molecular flexibility index (Phi) is 7.00. The van der Waals surface area contributed by atoms with E-state index in [1.54, 1.807) is 26.0 Å². The molecule has 0 saturated carbocycles. The van der Waals surface area contributed by atoms with Crippen molar-refractivity contribution in [2.24, 2.45) is 0 Å². The van der Waals surface area contributed by atoms with E-state index in [0.29, 0.717) is 11.5 Å². The fraction of sp³-hybridized carbons (Fsp3) is 0.158. The standard InChI is InChI=1S/C19H18N2O4S.Na.H/c1-3-17(22)21-26(23,24)16-11-9-14(10-12-16)18-13(2)25-20-19(18)15-7-5-4-6-8-15;;/h4-12H,3H2,1-2H3,(H,21,22);;. The Morgan fingerprint density at radius 3 is 2.26 bits per heavy atom. The zero-order valence-electron chi connectivity index (χ0n) is 14.4. The fourth-order valence-electron chi connectivity index (χ4n) is 2.59. The fourth-order valence-corrected chi connectivity index (χ4v) is 3.64. The van der Waals surface area contributed by atoms with E-state index in [-0.39, 0.29) is 40.9 Å². The second-order valence-corrected chi connectivity index (χ2v) is 7.42. The van der Waals surface area contributed by atoms with Gasteiger partial charge in [-0.05, 0) is 24.6 Å². The van der Waals surface area contributed by atoms with E-state index >= 15 is 0 Å². The van der Waals surface area contributed by atoms with E-state index in [4.69, 9.17) is 4.52 Å². The number of aryl methyl sites for hydroxylation is 1. The van der Waals surface area contributed by atoms with Gasteiger partial charge < -0.3 is 4.52 Å². The molecule has 27 heavy (non-hydrogen) atoms. The van der Waals surface area contributed by atoms with Gasteiger partial charge in [-0.2, -0.15) is 0 Å². The van der Waals surface area contributed by atoms with Crippen molar-refractivity contribution < 1.29 is 17.7 Å². The first-order valence-electron chi connectivity index (χ1n) is 8.10. The van der Waals surface area contributed by atoms with Crippen LogP contribution in [0.4, 0.5) is 0 Å². The van der Waals surface area contributed by atoms with Crippen molar-refractivity contribution in [2.45, 2.75) is 25.2 Å². The molecule has 0 aliphatic carbocycles. The van der Waals surface area contributed by atoms with Gasteiger partial charge >= 0.3 is 29.6 Å². The van der Waals surface area contributed by atoms with Crippen molar-refractivity contribution >= 4 is 45.5 Å². The average molecular weight is 394 g/mol. The third kappa shape index (κ3) is 4.68. The molecule has 1 aromatic heterocycles. The van der Waals surface area contributed by atoms with E-state index in [1.165, 1.54) is 12.1 Å². The molecule has 0 spiro atoms. The molecule has 1 amide bonds. The summed E-state index contributed by atoms with van der Waals surface area (Å²) in [7, 11) is -3.87. The van der Waals surface area contributed by atoms with Crippen LogP contribution in [0.3, 0.4) is 0 Å². The summed E-state index contributed by atoms with van der Waals surface area (Å²) in [5.74, 6) is 0.0917. The number of nitrogens with one attached hydrogen (secondary N) is 1. The van der Waals surface area contributed by atoms with Crippen molar-refractivity contribution in [2.75, 3.05) is 0 Å². The topological polar surface area (TPSA) is 89.3 Å². The van der Waals surface area contributed by atoms with Gasteiger partial charge in [0, 0.05) is 12.0 Å². The van der Waals surface area contributed by atoms with Gasteiger partial charge in [-0.3, -0.25) is 4.79 Å².